The Morgan fingerprint density at radius 1 is 1.28 bits per heavy atom. The molecule has 25 heavy (non-hydrogen) atoms. The highest BCUT2D eigenvalue weighted by molar-refractivity contribution is 5.78. The van der Waals surface area contributed by atoms with Gasteiger partial charge in [-0.05, 0) is 44.6 Å². The Kier molecular flexibility index (Phi) is 5.38. The van der Waals surface area contributed by atoms with Gasteiger partial charge in [0.1, 0.15) is 5.75 Å². The highest BCUT2D eigenvalue weighted by Crippen LogP contribution is 2.23. The first-order chi connectivity index (χ1) is 12.0. The van der Waals surface area contributed by atoms with Crippen LogP contribution in [0.15, 0.2) is 36.7 Å². The van der Waals surface area contributed by atoms with Crippen molar-refractivity contribution in [2.45, 2.75) is 18.9 Å². The van der Waals surface area contributed by atoms with Gasteiger partial charge in [0.05, 0.1) is 6.20 Å². The van der Waals surface area contributed by atoms with Gasteiger partial charge >= 0.3 is 0 Å². The molecule has 134 valence electrons. The van der Waals surface area contributed by atoms with Crippen molar-refractivity contribution >= 4 is 5.91 Å². The Hall–Kier alpha value is -2.34. The van der Waals surface area contributed by atoms with E-state index in [4.69, 9.17) is 4.74 Å². The average Bonchev–Trinajstić information content (AvgIpc) is 3.06. The lowest BCUT2D eigenvalue weighted by molar-refractivity contribution is -0.134. The number of hydrogen-bond donors (Lipinski definition) is 0. The second-order valence-electron chi connectivity index (χ2n) is 6.79. The van der Waals surface area contributed by atoms with E-state index in [1.165, 1.54) is 0 Å². The zero-order valence-electron chi connectivity index (χ0n) is 15.2. The molecule has 6 heteroatoms. The lowest BCUT2D eigenvalue weighted by Crippen LogP contribution is -2.45. The maximum atomic E-state index is 12.4. The van der Waals surface area contributed by atoms with E-state index in [-0.39, 0.29) is 12.5 Å². The normalized spacial score (nSPS) is 15.6. The molecule has 0 spiro atoms. The highest BCUT2D eigenvalue weighted by atomic mass is 16.5. The molecule has 3 rings (SSSR count). The first-order valence-electron chi connectivity index (χ1n) is 8.69. The molecular formula is C19H26N4O2. The second kappa shape index (κ2) is 7.70. The van der Waals surface area contributed by atoms with Crippen molar-refractivity contribution in [3.8, 4) is 16.9 Å². The fourth-order valence-electron chi connectivity index (χ4n) is 3.20. The molecular weight excluding hydrogens is 316 g/mol. The van der Waals surface area contributed by atoms with Crippen LogP contribution in [0.5, 0.6) is 5.75 Å². The number of nitrogens with zero attached hydrogens (tertiary/aromatic N) is 4. The van der Waals surface area contributed by atoms with E-state index in [0.717, 1.165) is 37.1 Å². The van der Waals surface area contributed by atoms with Crippen LogP contribution in [0.4, 0.5) is 0 Å². The first-order valence-corrected chi connectivity index (χ1v) is 8.69. The first kappa shape index (κ1) is 17.5. The zero-order chi connectivity index (χ0) is 17.8. The van der Waals surface area contributed by atoms with Crippen LogP contribution in [0.25, 0.3) is 11.1 Å². The molecule has 1 aliphatic heterocycles. The molecule has 6 nitrogen and oxygen atoms in total. The van der Waals surface area contributed by atoms with Gasteiger partial charge in [-0.2, -0.15) is 5.10 Å². The van der Waals surface area contributed by atoms with Crippen LogP contribution in [0.3, 0.4) is 0 Å². The lowest BCUT2D eigenvalue weighted by Gasteiger charge is -2.35. The minimum atomic E-state index is 0.0592. The van der Waals surface area contributed by atoms with Crippen LogP contribution in [0, 0.1) is 0 Å². The molecule has 0 atom stereocenters. The van der Waals surface area contributed by atoms with Gasteiger partial charge in [0, 0.05) is 37.9 Å². The number of piperidine rings is 1. The summed E-state index contributed by atoms with van der Waals surface area (Å²) < 4.78 is 7.50. The fraction of sp³-hybridized carbons (Fsp3) is 0.474. The van der Waals surface area contributed by atoms with E-state index in [1.54, 1.807) is 4.68 Å². The maximum absolute atomic E-state index is 12.4. The van der Waals surface area contributed by atoms with Crippen molar-refractivity contribution in [3.63, 3.8) is 0 Å². The lowest BCUT2D eigenvalue weighted by atomic mass is 10.0. The van der Waals surface area contributed by atoms with E-state index in [2.05, 4.69) is 24.1 Å². The number of ether oxygens (including phenoxy) is 1. The van der Waals surface area contributed by atoms with Crippen molar-refractivity contribution in [1.29, 1.82) is 0 Å². The molecule has 0 bridgehead atoms. The number of likely N-dealkylation sites (tertiary alicyclic amines) is 1. The van der Waals surface area contributed by atoms with E-state index in [1.807, 2.05) is 48.6 Å². The minimum Gasteiger partial charge on any atom is -0.484 e. The van der Waals surface area contributed by atoms with E-state index in [0.29, 0.717) is 11.8 Å². The van der Waals surface area contributed by atoms with Crippen LogP contribution in [-0.2, 0) is 11.8 Å². The average molecular weight is 342 g/mol. The number of hydrogen-bond acceptors (Lipinski definition) is 4. The summed E-state index contributed by atoms with van der Waals surface area (Å²) in [5, 5.41) is 4.19. The topological polar surface area (TPSA) is 50.6 Å². The summed E-state index contributed by atoms with van der Waals surface area (Å²) >= 11 is 0. The second-order valence-corrected chi connectivity index (χ2v) is 6.79. The van der Waals surface area contributed by atoms with Crippen LogP contribution >= 0.6 is 0 Å². The van der Waals surface area contributed by atoms with Crippen LogP contribution in [-0.4, -0.2) is 65.3 Å². The summed E-state index contributed by atoms with van der Waals surface area (Å²) in [5.74, 6) is 0.766. The smallest absolute Gasteiger partial charge is 0.260 e. The summed E-state index contributed by atoms with van der Waals surface area (Å²) in [7, 11) is 6.09. The van der Waals surface area contributed by atoms with Gasteiger partial charge < -0.3 is 14.5 Å². The Balaban J connectivity index is 1.54. The van der Waals surface area contributed by atoms with E-state index >= 15 is 0 Å². The number of aromatic nitrogens is 2. The van der Waals surface area contributed by atoms with Gasteiger partial charge in [0.25, 0.3) is 5.91 Å². The molecule has 0 aliphatic carbocycles. The monoisotopic (exact) mass is 342 g/mol. The Labute approximate surface area is 149 Å². The highest BCUT2D eigenvalue weighted by Gasteiger charge is 2.23. The Morgan fingerprint density at radius 2 is 2.04 bits per heavy atom. The molecule has 1 saturated heterocycles. The molecule has 0 radical (unpaired) electrons. The zero-order valence-corrected chi connectivity index (χ0v) is 15.2. The molecule has 1 aromatic heterocycles. The van der Waals surface area contributed by atoms with Crippen LogP contribution < -0.4 is 4.74 Å². The molecule has 0 unspecified atom stereocenters. The Bertz CT molecular complexity index is 718. The standard InChI is InChI=1S/C19H26N4O2/c1-21(2)17-7-9-23(10-8-17)19(24)14-25-18-6-4-5-15(11-18)16-12-20-22(3)13-16/h4-6,11-13,17H,7-10,14H2,1-3H3. The number of carbonyl (C=O) groups excluding carboxylic acids is 1. The largest absolute Gasteiger partial charge is 0.484 e. The Morgan fingerprint density at radius 3 is 2.68 bits per heavy atom. The molecule has 2 aromatic rings. The third-order valence-electron chi connectivity index (χ3n) is 4.78. The molecule has 0 saturated carbocycles. The number of amides is 1. The summed E-state index contributed by atoms with van der Waals surface area (Å²) in [6, 6.07) is 8.34. The van der Waals surface area contributed by atoms with Crippen molar-refractivity contribution < 1.29 is 9.53 Å². The third-order valence-corrected chi connectivity index (χ3v) is 4.78. The van der Waals surface area contributed by atoms with Crippen molar-refractivity contribution in [1.82, 2.24) is 19.6 Å². The molecule has 1 aromatic carbocycles. The number of rotatable bonds is 5. The van der Waals surface area contributed by atoms with Crippen molar-refractivity contribution in [2.24, 2.45) is 7.05 Å². The molecule has 2 heterocycles. The summed E-state index contributed by atoms with van der Waals surface area (Å²) in [6.45, 7) is 1.70. The predicted octanol–water partition coefficient (Wildman–Crippen LogP) is 2.02. The molecule has 1 fully saturated rings. The molecule has 0 N–H and O–H groups in total. The molecule has 1 aliphatic rings. The summed E-state index contributed by atoms with van der Waals surface area (Å²) in [6.07, 6.45) is 5.82. The van der Waals surface area contributed by atoms with Gasteiger partial charge in [-0.25, -0.2) is 0 Å². The molecule has 1 amide bonds. The summed E-state index contributed by atoms with van der Waals surface area (Å²) in [4.78, 5) is 16.5. The van der Waals surface area contributed by atoms with Gasteiger partial charge in [-0.1, -0.05) is 12.1 Å². The van der Waals surface area contributed by atoms with E-state index < -0.39 is 0 Å². The van der Waals surface area contributed by atoms with Crippen molar-refractivity contribution in [3.05, 3.63) is 36.7 Å². The van der Waals surface area contributed by atoms with Gasteiger partial charge in [-0.15, -0.1) is 0 Å². The van der Waals surface area contributed by atoms with Gasteiger partial charge in [0.2, 0.25) is 0 Å². The fourth-order valence-corrected chi connectivity index (χ4v) is 3.20. The number of aryl methyl sites for hydroxylation is 1. The van der Waals surface area contributed by atoms with E-state index in [9.17, 15) is 4.79 Å². The quantitative estimate of drug-likeness (QED) is 0.834. The number of carbonyl (C=O) groups is 1. The van der Waals surface area contributed by atoms with Crippen LogP contribution in [0.1, 0.15) is 12.8 Å². The number of benzene rings is 1. The SMILES string of the molecule is CN(C)C1CCN(C(=O)COc2cccc(-c3cnn(C)c3)c2)CC1. The minimum absolute atomic E-state index is 0.0592. The van der Waals surface area contributed by atoms with Crippen molar-refractivity contribution in [2.75, 3.05) is 33.8 Å². The van der Waals surface area contributed by atoms with Gasteiger partial charge in [0.15, 0.2) is 6.61 Å². The van der Waals surface area contributed by atoms with Crippen LogP contribution in [0.2, 0.25) is 0 Å². The predicted molar refractivity (Wildman–Crippen MR) is 97.4 cm³/mol. The summed E-state index contributed by atoms with van der Waals surface area (Å²) in [5.41, 5.74) is 2.06. The third kappa shape index (κ3) is 4.39. The van der Waals surface area contributed by atoms with Gasteiger partial charge in [-0.3, -0.25) is 9.48 Å². The maximum Gasteiger partial charge on any atom is 0.260 e.